The fourth-order valence-corrected chi connectivity index (χ4v) is 5.86. The van der Waals surface area contributed by atoms with Crippen LogP contribution in [0.1, 0.15) is 43.2 Å². The van der Waals surface area contributed by atoms with Gasteiger partial charge < -0.3 is 24.8 Å². The molecule has 1 aliphatic heterocycles. The smallest absolute Gasteiger partial charge is 0.337 e. The maximum Gasteiger partial charge on any atom is 0.337 e. The third-order valence-corrected chi connectivity index (χ3v) is 7.17. The van der Waals surface area contributed by atoms with Gasteiger partial charge in [-0.05, 0) is 68.5 Å². The number of nitrogens with two attached hydrogens (primary N) is 1. The lowest BCUT2D eigenvalue weighted by Gasteiger charge is -2.58. The minimum Gasteiger partial charge on any atom is -0.425 e. The van der Waals surface area contributed by atoms with Crippen LogP contribution in [0.4, 0.5) is 0 Å². The van der Waals surface area contributed by atoms with E-state index in [1.807, 2.05) is 6.07 Å². The highest BCUT2D eigenvalue weighted by atomic mass is 16.6. The van der Waals surface area contributed by atoms with E-state index in [4.69, 9.17) is 19.9 Å². The number of fused-ring (bicyclic) bond motifs is 1. The summed E-state index contributed by atoms with van der Waals surface area (Å²) in [5.74, 6) is 1.01. The molecule has 0 unspecified atom stereocenters. The number of carbonyl (C=O) groups excluding carboxylic acids is 1. The number of carbonyl (C=O) groups is 1. The summed E-state index contributed by atoms with van der Waals surface area (Å²) >= 11 is 0. The third-order valence-electron chi connectivity index (χ3n) is 7.17. The largest absolute Gasteiger partial charge is 0.425 e. The van der Waals surface area contributed by atoms with Crippen LogP contribution >= 0.6 is 0 Å². The molecule has 1 aromatic rings. The van der Waals surface area contributed by atoms with Crippen LogP contribution in [0, 0.1) is 5.92 Å². The molecule has 1 heterocycles. The lowest BCUT2D eigenvalue weighted by molar-refractivity contribution is -0.140. The van der Waals surface area contributed by atoms with Crippen molar-refractivity contribution in [2.75, 3.05) is 46.6 Å². The number of rotatable bonds is 8. The number of likely N-dealkylation sites (N-methyl/N-ethyl adjacent to an activating group) is 1. The van der Waals surface area contributed by atoms with Crippen molar-refractivity contribution in [1.82, 2.24) is 4.90 Å². The highest BCUT2D eigenvalue weighted by molar-refractivity contribution is 5.73. The molecular formula is C23H34N2O4. The van der Waals surface area contributed by atoms with Gasteiger partial charge in [0.15, 0.2) is 0 Å². The Balaban J connectivity index is 1.43. The molecule has 1 aromatic carbocycles. The average molecular weight is 403 g/mol. The van der Waals surface area contributed by atoms with E-state index in [0.29, 0.717) is 38.2 Å². The van der Waals surface area contributed by atoms with E-state index < -0.39 is 0 Å². The standard InChI is InChI=1S/C23H34N2O4/c1-25-10-8-23-7-3-2-4-19(23)21(25)14-17-5-6-18(15-20(17)23)29-22(26)16-28-13-12-27-11-9-24/h5-6,15,19,21H,2-4,7-14,16,24H2,1H3/t19-,21+,23+/m0/s1. The number of nitrogens with zero attached hydrogens (tertiary/aromatic N) is 1. The van der Waals surface area contributed by atoms with Gasteiger partial charge in [0.2, 0.25) is 0 Å². The van der Waals surface area contributed by atoms with Crippen molar-refractivity contribution in [2.45, 2.75) is 50.0 Å². The summed E-state index contributed by atoms with van der Waals surface area (Å²) in [6, 6.07) is 6.92. The number of likely N-dealkylation sites (tertiary alicyclic amines) is 1. The van der Waals surface area contributed by atoms with Crippen LogP contribution in [0.2, 0.25) is 0 Å². The lowest BCUT2D eigenvalue weighted by atomic mass is 9.52. The molecule has 2 N–H and O–H groups in total. The van der Waals surface area contributed by atoms with Crippen LogP contribution in [0.25, 0.3) is 0 Å². The first kappa shape index (κ1) is 20.8. The average Bonchev–Trinajstić information content (AvgIpc) is 2.73. The molecule has 1 saturated heterocycles. The first-order valence-corrected chi connectivity index (χ1v) is 11.0. The topological polar surface area (TPSA) is 74.0 Å². The molecule has 2 aliphatic carbocycles. The SMILES string of the molecule is CN1CC[C@]23CCCC[C@H]2[C@H]1Cc1ccc(OC(=O)COCCOCCN)cc13. The molecule has 160 valence electrons. The Hall–Kier alpha value is -1.47. The number of esters is 1. The van der Waals surface area contributed by atoms with Crippen LogP contribution in [0.3, 0.4) is 0 Å². The van der Waals surface area contributed by atoms with Crippen molar-refractivity contribution in [3.8, 4) is 5.75 Å². The minimum atomic E-state index is -0.362. The number of hydrogen-bond donors (Lipinski definition) is 1. The predicted molar refractivity (Wildman–Crippen MR) is 111 cm³/mol. The number of piperidine rings is 1. The fourth-order valence-electron chi connectivity index (χ4n) is 5.86. The monoisotopic (exact) mass is 402 g/mol. The van der Waals surface area contributed by atoms with E-state index in [2.05, 4.69) is 24.1 Å². The zero-order chi connectivity index (χ0) is 20.3. The summed E-state index contributed by atoms with van der Waals surface area (Å²) in [6.45, 7) is 2.87. The van der Waals surface area contributed by atoms with Gasteiger partial charge >= 0.3 is 5.97 Å². The van der Waals surface area contributed by atoms with Crippen LogP contribution in [0.5, 0.6) is 5.75 Å². The molecule has 2 bridgehead atoms. The zero-order valence-electron chi connectivity index (χ0n) is 17.5. The van der Waals surface area contributed by atoms with Crippen LogP contribution < -0.4 is 10.5 Å². The van der Waals surface area contributed by atoms with Crippen molar-refractivity contribution < 1.29 is 19.0 Å². The Kier molecular flexibility index (Phi) is 6.54. The molecule has 0 aromatic heterocycles. The quantitative estimate of drug-likeness (QED) is 0.409. The van der Waals surface area contributed by atoms with Crippen molar-refractivity contribution in [3.63, 3.8) is 0 Å². The van der Waals surface area contributed by atoms with Crippen molar-refractivity contribution in [2.24, 2.45) is 11.7 Å². The predicted octanol–water partition coefficient (Wildman–Crippen LogP) is 2.27. The van der Waals surface area contributed by atoms with Gasteiger partial charge in [0, 0.05) is 18.0 Å². The maximum atomic E-state index is 12.2. The first-order valence-electron chi connectivity index (χ1n) is 11.0. The van der Waals surface area contributed by atoms with Crippen molar-refractivity contribution in [1.29, 1.82) is 0 Å². The van der Waals surface area contributed by atoms with Gasteiger partial charge in [-0.3, -0.25) is 0 Å². The van der Waals surface area contributed by atoms with Crippen molar-refractivity contribution >= 4 is 5.97 Å². The summed E-state index contributed by atoms with van der Waals surface area (Å²) in [5, 5.41) is 0. The molecule has 2 fully saturated rings. The van der Waals surface area contributed by atoms with Crippen LogP contribution in [0.15, 0.2) is 18.2 Å². The zero-order valence-corrected chi connectivity index (χ0v) is 17.5. The molecule has 3 aliphatic rings. The van der Waals surface area contributed by atoms with E-state index in [1.54, 1.807) is 0 Å². The number of ether oxygens (including phenoxy) is 3. The molecular weight excluding hydrogens is 368 g/mol. The molecule has 4 rings (SSSR count). The Morgan fingerprint density at radius 2 is 2.07 bits per heavy atom. The summed E-state index contributed by atoms with van der Waals surface area (Å²) in [4.78, 5) is 14.8. The fraction of sp³-hybridized carbons (Fsp3) is 0.696. The van der Waals surface area contributed by atoms with Gasteiger partial charge in [-0.1, -0.05) is 18.9 Å². The minimum absolute atomic E-state index is 0.0658. The van der Waals surface area contributed by atoms with Gasteiger partial charge in [0.05, 0.1) is 19.8 Å². The van der Waals surface area contributed by atoms with Gasteiger partial charge in [-0.25, -0.2) is 4.79 Å². The second-order valence-corrected chi connectivity index (χ2v) is 8.76. The maximum absolute atomic E-state index is 12.2. The molecule has 0 spiro atoms. The van der Waals surface area contributed by atoms with Crippen molar-refractivity contribution in [3.05, 3.63) is 29.3 Å². The summed E-state index contributed by atoms with van der Waals surface area (Å²) in [6.07, 6.45) is 7.54. The number of hydrogen-bond acceptors (Lipinski definition) is 6. The first-order chi connectivity index (χ1) is 14.1. The molecule has 1 saturated carbocycles. The summed E-state index contributed by atoms with van der Waals surface area (Å²) in [7, 11) is 2.28. The third kappa shape index (κ3) is 4.22. The van der Waals surface area contributed by atoms with Gasteiger partial charge in [0.1, 0.15) is 12.4 Å². The molecule has 6 nitrogen and oxygen atoms in total. The highest BCUT2D eigenvalue weighted by Gasteiger charge is 2.53. The van der Waals surface area contributed by atoms with Gasteiger partial charge in [-0.15, -0.1) is 0 Å². The Morgan fingerprint density at radius 1 is 1.21 bits per heavy atom. The van der Waals surface area contributed by atoms with Crippen LogP contribution in [-0.4, -0.2) is 63.5 Å². The Bertz CT molecular complexity index is 725. The second-order valence-electron chi connectivity index (χ2n) is 8.76. The Labute approximate surface area is 173 Å². The van der Waals surface area contributed by atoms with Gasteiger partial charge in [0.25, 0.3) is 0 Å². The molecule has 0 amide bonds. The molecule has 29 heavy (non-hydrogen) atoms. The highest BCUT2D eigenvalue weighted by Crippen LogP contribution is 2.55. The lowest BCUT2D eigenvalue weighted by Crippen LogP contribution is -2.59. The van der Waals surface area contributed by atoms with Crippen LogP contribution in [-0.2, 0) is 26.1 Å². The second kappa shape index (κ2) is 9.13. The van der Waals surface area contributed by atoms with E-state index in [0.717, 1.165) is 18.9 Å². The van der Waals surface area contributed by atoms with E-state index >= 15 is 0 Å². The number of benzene rings is 1. The summed E-state index contributed by atoms with van der Waals surface area (Å²) < 4.78 is 16.2. The normalized spacial score (nSPS) is 28.5. The molecule has 3 atom stereocenters. The summed E-state index contributed by atoms with van der Waals surface area (Å²) in [5.41, 5.74) is 8.50. The van der Waals surface area contributed by atoms with Gasteiger partial charge in [-0.2, -0.15) is 0 Å². The molecule has 0 radical (unpaired) electrons. The van der Waals surface area contributed by atoms with E-state index in [9.17, 15) is 4.79 Å². The Morgan fingerprint density at radius 3 is 2.93 bits per heavy atom. The molecule has 6 heteroatoms. The van der Waals surface area contributed by atoms with E-state index in [1.165, 1.54) is 43.2 Å². The van der Waals surface area contributed by atoms with E-state index in [-0.39, 0.29) is 18.0 Å².